The molecule has 0 atom stereocenters. The van der Waals surface area contributed by atoms with Gasteiger partial charge in [-0.25, -0.2) is 4.98 Å². The standard InChI is InChI=1S/C19H20N2O2S2/c1-13-17(25-19(21-13)16-4-3-11-24-16)12-20-18(22)10-7-14-5-8-15(23-2)9-6-14/h3-6,8-9,11H,7,10,12H2,1-2H3,(H,20,22). The highest BCUT2D eigenvalue weighted by Gasteiger charge is 2.11. The molecule has 0 aliphatic heterocycles. The summed E-state index contributed by atoms with van der Waals surface area (Å²) in [7, 11) is 1.65. The highest BCUT2D eigenvalue weighted by molar-refractivity contribution is 7.21. The third-order valence-electron chi connectivity index (χ3n) is 3.87. The van der Waals surface area contributed by atoms with Gasteiger partial charge in [-0.1, -0.05) is 18.2 Å². The third-order valence-corrected chi connectivity index (χ3v) is 6.07. The van der Waals surface area contributed by atoms with E-state index in [2.05, 4.69) is 16.4 Å². The highest BCUT2D eigenvalue weighted by atomic mass is 32.1. The highest BCUT2D eigenvalue weighted by Crippen LogP contribution is 2.30. The maximum absolute atomic E-state index is 12.1. The number of methoxy groups -OCH3 is 1. The van der Waals surface area contributed by atoms with Crippen molar-refractivity contribution in [1.82, 2.24) is 10.3 Å². The number of hydrogen-bond acceptors (Lipinski definition) is 5. The number of rotatable bonds is 7. The second kappa shape index (κ2) is 8.27. The molecule has 0 saturated carbocycles. The van der Waals surface area contributed by atoms with E-state index in [1.54, 1.807) is 29.8 Å². The zero-order valence-corrected chi connectivity index (χ0v) is 15.9. The van der Waals surface area contributed by atoms with E-state index in [-0.39, 0.29) is 5.91 Å². The van der Waals surface area contributed by atoms with Crippen LogP contribution in [0.4, 0.5) is 0 Å². The maximum atomic E-state index is 12.1. The summed E-state index contributed by atoms with van der Waals surface area (Å²) in [5.41, 5.74) is 2.12. The fraction of sp³-hybridized carbons (Fsp3) is 0.263. The van der Waals surface area contributed by atoms with E-state index in [0.29, 0.717) is 13.0 Å². The number of carbonyl (C=O) groups excluding carboxylic acids is 1. The predicted molar refractivity (Wildman–Crippen MR) is 103 cm³/mol. The zero-order chi connectivity index (χ0) is 17.6. The van der Waals surface area contributed by atoms with Crippen molar-refractivity contribution >= 4 is 28.6 Å². The number of aromatic nitrogens is 1. The largest absolute Gasteiger partial charge is 0.497 e. The summed E-state index contributed by atoms with van der Waals surface area (Å²) in [6.07, 6.45) is 1.19. The van der Waals surface area contributed by atoms with Gasteiger partial charge < -0.3 is 10.1 Å². The van der Waals surface area contributed by atoms with Gasteiger partial charge in [-0.2, -0.15) is 0 Å². The predicted octanol–water partition coefficient (Wildman–Crippen LogP) is 4.44. The van der Waals surface area contributed by atoms with Crippen molar-refractivity contribution in [1.29, 1.82) is 0 Å². The Morgan fingerprint density at radius 2 is 2.04 bits per heavy atom. The lowest BCUT2D eigenvalue weighted by Gasteiger charge is -2.05. The molecule has 2 heterocycles. The number of carbonyl (C=O) groups is 1. The molecule has 3 rings (SSSR count). The van der Waals surface area contributed by atoms with Crippen LogP contribution in [0.1, 0.15) is 22.6 Å². The van der Waals surface area contributed by atoms with Gasteiger partial charge in [0, 0.05) is 11.3 Å². The first-order chi connectivity index (χ1) is 12.2. The molecule has 1 aromatic carbocycles. The summed E-state index contributed by atoms with van der Waals surface area (Å²) in [4.78, 5) is 19.0. The summed E-state index contributed by atoms with van der Waals surface area (Å²) in [5.74, 6) is 0.886. The summed E-state index contributed by atoms with van der Waals surface area (Å²) in [5, 5.41) is 6.07. The van der Waals surface area contributed by atoms with Crippen LogP contribution in [0.15, 0.2) is 41.8 Å². The lowest BCUT2D eigenvalue weighted by atomic mass is 10.1. The molecule has 0 bridgehead atoms. The molecule has 0 radical (unpaired) electrons. The zero-order valence-electron chi connectivity index (χ0n) is 14.2. The monoisotopic (exact) mass is 372 g/mol. The topological polar surface area (TPSA) is 51.2 Å². The smallest absolute Gasteiger partial charge is 0.220 e. The Bertz CT molecular complexity index is 824. The molecule has 1 amide bonds. The third kappa shape index (κ3) is 4.67. The normalized spacial score (nSPS) is 10.6. The molecular weight excluding hydrogens is 352 g/mol. The van der Waals surface area contributed by atoms with Gasteiger partial charge in [-0.3, -0.25) is 4.79 Å². The van der Waals surface area contributed by atoms with Gasteiger partial charge in [-0.05, 0) is 42.5 Å². The quantitative estimate of drug-likeness (QED) is 0.667. The van der Waals surface area contributed by atoms with E-state index < -0.39 is 0 Å². The van der Waals surface area contributed by atoms with Crippen LogP contribution in [0.3, 0.4) is 0 Å². The summed E-state index contributed by atoms with van der Waals surface area (Å²) >= 11 is 3.33. The number of benzene rings is 1. The number of thiophene rings is 1. The molecule has 3 aromatic rings. The van der Waals surface area contributed by atoms with Crippen molar-refractivity contribution < 1.29 is 9.53 Å². The molecule has 0 aliphatic rings. The van der Waals surface area contributed by atoms with E-state index in [1.807, 2.05) is 42.6 Å². The molecular formula is C19H20N2O2S2. The van der Waals surface area contributed by atoms with Crippen LogP contribution in [0.2, 0.25) is 0 Å². The van der Waals surface area contributed by atoms with Gasteiger partial charge in [-0.15, -0.1) is 22.7 Å². The van der Waals surface area contributed by atoms with Gasteiger partial charge >= 0.3 is 0 Å². The van der Waals surface area contributed by atoms with E-state index >= 15 is 0 Å². The average molecular weight is 373 g/mol. The van der Waals surface area contributed by atoms with Crippen molar-refractivity contribution in [3.63, 3.8) is 0 Å². The fourth-order valence-electron chi connectivity index (χ4n) is 2.42. The Hall–Kier alpha value is -2.18. The number of nitrogens with zero attached hydrogens (tertiary/aromatic N) is 1. The minimum atomic E-state index is 0.0568. The van der Waals surface area contributed by atoms with Crippen molar-refractivity contribution in [2.45, 2.75) is 26.3 Å². The van der Waals surface area contributed by atoms with Crippen molar-refractivity contribution in [3.8, 4) is 15.6 Å². The van der Waals surface area contributed by atoms with Crippen LogP contribution in [-0.4, -0.2) is 18.0 Å². The Morgan fingerprint density at radius 3 is 2.72 bits per heavy atom. The molecule has 25 heavy (non-hydrogen) atoms. The Balaban J connectivity index is 1.50. The minimum absolute atomic E-state index is 0.0568. The number of nitrogens with one attached hydrogen (secondary N) is 1. The SMILES string of the molecule is COc1ccc(CCC(=O)NCc2sc(-c3cccs3)nc2C)cc1. The number of amides is 1. The van der Waals surface area contributed by atoms with Crippen LogP contribution >= 0.6 is 22.7 Å². The molecule has 6 heteroatoms. The van der Waals surface area contributed by atoms with Crippen molar-refractivity contribution in [2.24, 2.45) is 0 Å². The van der Waals surface area contributed by atoms with Crippen molar-refractivity contribution in [3.05, 3.63) is 57.9 Å². The molecule has 4 nitrogen and oxygen atoms in total. The Labute approximate surface area is 155 Å². The second-order valence-electron chi connectivity index (χ2n) is 5.63. The first kappa shape index (κ1) is 17.6. The molecule has 0 aliphatic carbocycles. The first-order valence-electron chi connectivity index (χ1n) is 8.05. The Kier molecular flexibility index (Phi) is 5.83. The molecule has 1 N–H and O–H groups in total. The minimum Gasteiger partial charge on any atom is -0.497 e. The van der Waals surface area contributed by atoms with Crippen LogP contribution in [0, 0.1) is 6.92 Å². The second-order valence-corrected chi connectivity index (χ2v) is 7.66. The van der Waals surface area contributed by atoms with Crippen LogP contribution in [0.5, 0.6) is 5.75 Å². The lowest BCUT2D eigenvalue weighted by Crippen LogP contribution is -2.22. The van der Waals surface area contributed by atoms with E-state index in [4.69, 9.17) is 4.74 Å². The molecule has 2 aromatic heterocycles. The average Bonchev–Trinajstić information content (AvgIpc) is 3.28. The summed E-state index contributed by atoms with van der Waals surface area (Å²) in [6.45, 7) is 2.53. The van der Waals surface area contributed by atoms with Gasteiger partial charge in [0.05, 0.1) is 24.2 Å². The molecule has 0 unspecified atom stereocenters. The van der Waals surface area contributed by atoms with Gasteiger partial charge in [0.1, 0.15) is 10.8 Å². The maximum Gasteiger partial charge on any atom is 0.220 e. The van der Waals surface area contributed by atoms with Crippen LogP contribution in [0.25, 0.3) is 9.88 Å². The number of aryl methyl sites for hydroxylation is 2. The molecule has 0 spiro atoms. The molecule has 0 fully saturated rings. The Morgan fingerprint density at radius 1 is 1.24 bits per heavy atom. The van der Waals surface area contributed by atoms with E-state index in [0.717, 1.165) is 33.3 Å². The number of thiazole rings is 1. The van der Waals surface area contributed by atoms with E-state index in [1.165, 1.54) is 4.88 Å². The first-order valence-corrected chi connectivity index (χ1v) is 9.75. The number of hydrogen-bond donors (Lipinski definition) is 1. The fourth-order valence-corrected chi connectivity index (χ4v) is 4.21. The van der Waals surface area contributed by atoms with Gasteiger partial charge in [0.15, 0.2) is 0 Å². The van der Waals surface area contributed by atoms with Crippen LogP contribution < -0.4 is 10.1 Å². The molecule has 0 saturated heterocycles. The number of ether oxygens (including phenoxy) is 1. The van der Waals surface area contributed by atoms with Crippen molar-refractivity contribution in [2.75, 3.05) is 7.11 Å². The van der Waals surface area contributed by atoms with Gasteiger partial charge in [0.25, 0.3) is 0 Å². The van der Waals surface area contributed by atoms with E-state index in [9.17, 15) is 4.79 Å². The summed E-state index contributed by atoms with van der Waals surface area (Å²) in [6, 6.07) is 11.9. The van der Waals surface area contributed by atoms with Gasteiger partial charge in [0.2, 0.25) is 5.91 Å². The lowest BCUT2D eigenvalue weighted by molar-refractivity contribution is -0.121. The summed E-state index contributed by atoms with van der Waals surface area (Å²) < 4.78 is 5.14. The van der Waals surface area contributed by atoms with Crippen LogP contribution in [-0.2, 0) is 17.8 Å². The molecule has 130 valence electrons.